The maximum absolute atomic E-state index is 3.20. The largest absolute Gasteiger partial charge is 0.0986 e. The smallest absolute Gasteiger partial charge is 0.0354 e. The van der Waals surface area contributed by atoms with Crippen LogP contribution in [0.25, 0.3) is 0 Å². The van der Waals surface area contributed by atoms with E-state index in [2.05, 4.69) is 62.1 Å². The summed E-state index contributed by atoms with van der Waals surface area (Å²) in [6.07, 6.45) is 15.8. The molecule has 0 aliphatic carbocycles. The van der Waals surface area contributed by atoms with E-state index in [1.54, 1.807) is 0 Å². The molecule has 0 heterocycles. The second-order valence-electron chi connectivity index (χ2n) is 3.43. The molecule has 0 fully saturated rings. The average molecular weight is 202 g/mol. The molecule has 82 valence electrons. The van der Waals surface area contributed by atoms with Crippen LogP contribution in [0.3, 0.4) is 0 Å². The summed E-state index contributed by atoms with van der Waals surface area (Å²) in [6.45, 7) is 6.30. The molecule has 0 aromatic heterocycles. The monoisotopic (exact) mass is 202 g/mol. The maximum Gasteiger partial charge on any atom is 0.0354 e. The van der Waals surface area contributed by atoms with E-state index in [0.717, 1.165) is 19.3 Å². The van der Waals surface area contributed by atoms with Crippen LogP contribution in [0.4, 0.5) is 0 Å². The summed E-state index contributed by atoms with van der Waals surface area (Å²) in [5.74, 6) is 6.74. The lowest BCUT2D eigenvalue weighted by Crippen LogP contribution is -1.81. The molecule has 0 aromatic rings. The van der Waals surface area contributed by atoms with E-state index in [9.17, 15) is 0 Å². The molecule has 0 aromatic carbocycles. The minimum atomic E-state index is 0.383. The lowest BCUT2D eigenvalue weighted by molar-refractivity contribution is 0.966. The van der Waals surface area contributed by atoms with Crippen LogP contribution in [0.1, 0.15) is 40.0 Å². The van der Waals surface area contributed by atoms with Gasteiger partial charge in [0.05, 0.1) is 0 Å². The number of hydrogen-bond acceptors (Lipinski definition) is 0. The molecule has 0 radical (unpaired) electrons. The van der Waals surface area contributed by atoms with Gasteiger partial charge in [0.2, 0.25) is 0 Å². The topological polar surface area (TPSA) is 0 Å². The first-order valence-corrected chi connectivity index (χ1v) is 5.72. The van der Waals surface area contributed by atoms with Gasteiger partial charge in [0.1, 0.15) is 0 Å². The summed E-state index contributed by atoms with van der Waals surface area (Å²) < 4.78 is 0. The first kappa shape index (κ1) is 13.8. The lowest BCUT2D eigenvalue weighted by Gasteiger charge is -1.91. The molecule has 0 amide bonds. The fourth-order valence-corrected chi connectivity index (χ4v) is 1.06. The van der Waals surface area contributed by atoms with Gasteiger partial charge in [-0.25, -0.2) is 0 Å². The van der Waals surface area contributed by atoms with Crippen LogP contribution >= 0.6 is 0 Å². The summed E-state index contributed by atoms with van der Waals surface area (Å²) in [6, 6.07) is 0. The van der Waals surface area contributed by atoms with Gasteiger partial charge in [-0.3, -0.25) is 0 Å². The zero-order valence-corrected chi connectivity index (χ0v) is 10.2. The summed E-state index contributed by atoms with van der Waals surface area (Å²) in [5.41, 5.74) is 0. The molecule has 0 aliphatic heterocycles. The molecule has 0 spiro atoms. The molecule has 1 unspecified atom stereocenters. The third kappa shape index (κ3) is 10.7. The third-order valence-corrected chi connectivity index (χ3v) is 1.88. The molecule has 0 aliphatic rings. The fraction of sp³-hybridized carbons (Fsp3) is 0.467. The van der Waals surface area contributed by atoms with Gasteiger partial charge in [0.25, 0.3) is 0 Å². The zero-order valence-electron chi connectivity index (χ0n) is 10.2. The number of rotatable bonds is 5. The van der Waals surface area contributed by atoms with Gasteiger partial charge in [-0.1, -0.05) is 55.2 Å². The second kappa shape index (κ2) is 10.9. The van der Waals surface area contributed by atoms with Crippen LogP contribution in [0, 0.1) is 17.8 Å². The highest BCUT2D eigenvalue weighted by Gasteiger charge is 1.85. The number of hydrogen-bond donors (Lipinski definition) is 0. The van der Waals surface area contributed by atoms with Crippen LogP contribution < -0.4 is 0 Å². The maximum atomic E-state index is 3.20. The summed E-state index contributed by atoms with van der Waals surface area (Å²) in [5, 5.41) is 0. The second-order valence-corrected chi connectivity index (χ2v) is 3.43. The minimum absolute atomic E-state index is 0.383. The number of allylic oxidation sites excluding steroid dienone is 6. The Labute approximate surface area is 94.8 Å². The predicted octanol–water partition coefficient (Wildman–Crippen LogP) is 4.50. The molecule has 0 nitrogen and oxygen atoms in total. The van der Waals surface area contributed by atoms with Crippen LogP contribution in [0.5, 0.6) is 0 Å². The highest BCUT2D eigenvalue weighted by Crippen LogP contribution is 1.96. The molecule has 0 heteroatoms. The molecule has 15 heavy (non-hydrogen) atoms. The summed E-state index contributed by atoms with van der Waals surface area (Å²) in [4.78, 5) is 0. The Morgan fingerprint density at radius 1 is 1.13 bits per heavy atom. The van der Waals surface area contributed by atoms with Gasteiger partial charge in [-0.05, 0) is 26.7 Å². The van der Waals surface area contributed by atoms with Crippen LogP contribution in [-0.2, 0) is 0 Å². The normalized spacial score (nSPS) is 13.5. The Hall–Kier alpha value is -1.22. The molecular formula is C15H22. The van der Waals surface area contributed by atoms with Gasteiger partial charge in [-0.15, -0.1) is 0 Å². The fourth-order valence-electron chi connectivity index (χ4n) is 1.06. The highest BCUT2D eigenvalue weighted by molar-refractivity contribution is 5.12. The molecule has 0 N–H and O–H groups in total. The van der Waals surface area contributed by atoms with Crippen LogP contribution in [0.15, 0.2) is 36.5 Å². The van der Waals surface area contributed by atoms with Crippen molar-refractivity contribution in [3.8, 4) is 11.8 Å². The summed E-state index contributed by atoms with van der Waals surface area (Å²) in [7, 11) is 0. The molecule has 1 atom stereocenters. The van der Waals surface area contributed by atoms with E-state index in [-0.39, 0.29) is 0 Å². The zero-order chi connectivity index (χ0) is 11.4. The van der Waals surface area contributed by atoms with Crippen molar-refractivity contribution in [3.63, 3.8) is 0 Å². The first-order chi connectivity index (χ1) is 7.31. The Morgan fingerprint density at radius 3 is 2.60 bits per heavy atom. The Bertz CT molecular complexity index is 268. The van der Waals surface area contributed by atoms with Crippen molar-refractivity contribution >= 4 is 0 Å². The van der Waals surface area contributed by atoms with E-state index < -0.39 is 0 Å². The van der Waals surface area contributed by atoms with Crippen molar-refractivity contribution in [3.05, 3.63) is 36.5 Å². The Kier molecular flexibility index (Phi) is 9.98. The van der Waals surface area contributed by atoms with Gasteiger partial charge in [0, 0.05) is 12.3 Å². The average Bonchev–Trinajstić information content (AvgIpc) is 2.25. The van der Waals surface area contributed by atoms with E-state index in [0.29, 0.717) is 5.92 Å². The summed E-state index contributed by atoms with van der Waals surface area (Å²) >= 11 is 0. The van der Waals surface area contributed by atoms with Crippen LogP contribution in [-0.4, -0.2) is 0 Å². The van der Waals surface area contributed by atoms with E-state index in [4.69, 9.17) is 0 Å². The van der Waals surface area contributed by atoms with Crippen LogP contribution in [0.2, 0.25) is 0 Å². The predicted molar refractivity (Wildman–Crippen MR) is 69.6 cm³/mol. The van der Waals surface area contributed by atoms with Gasteiger partial charge in [-0.2, -0.15) is 0 Å². The van der Waals surface area contributed by atoms with Crippen molar-refractivity contribution in [1.29, 1.82) is 0 Å². The minimum Gasteiger partial charge on any atom is -0.0986 e. The first-order valence-electron chi connectivity index (χ1n) is 5.72. The SMILES string of the molecule is C/C=C\C/C=C\CC#CC(C)/C=C\CC. The molecule has 0 saturated carbocycles. The van der Waals surface area contributed by atoms with Gasteiger partial charge >= 0.3 is 0 Å². The van der Waals surface area contributed by atoms with Crippen molar-refractivity contribution in [2.45, 2.75) is 40.0 Å². The van der Waals surface area contributed by atoms with Crippen molar-refractivity contribution in [2.75, 3.05) is 0 Å². The highest BCUT2D eigenvalue weighted by atomic mass is 13.9. The lowest BCUT2D eigenvalue weighted by atomic mass is 10.1. The Morgan fingerprint density at radius 2 is 1.93 bits per heavy atom. The van der Waals surface area contributed by atoms with Gasteiger partial charge < -0.3 is 0 Å². The third-order valence-electron chi connectivity index (χ3n) is 1.88. The van der Waals surface area contributed by atoms with Crippen molar-refractivity contribution in [2.24, 2.45) is 5.92 Å². The Balaban J connectivity index is 3.69. The van der Waals surface area contributed by atoms with E-state index in [1.807, 2.05) is 6.92 Å². The molecular weight excluding hydrogens is 180 g/mol. The molecule has 0 saturated heterocycles. The van der Waals surface area contributed by atoms with E-state index >= 15 is 0 Å². The quantitative estimate of drug-likeness (QED) is 0.454. The molecule has 0 rings (SSSR count). The van der Waals surface area contributed by atoms with Crippen molar-refractivity contribution in [1.82, 2.24) is 0 Å². The van der Waals surface area contributed by atoms with Crippen molar-refractivity contribution < 1.29 is 0 Å². The molecule has 0 bridgehead atoms. The standard InChI is InChI=1S/C15H22/c1-4-6-8-9-10-11-12-14-15(3)13-7-5-2/h4,6-7,9-10,13,15H,5,8,11H2,1-3H3/b6-4-,10-9-,13-7-. The van der Waals surface area contributed by atoms with Gasteiger partial charge in [0.15, 0.2) is 0 Å². The van der Waals surface area contributed by atoms with E-state index in [1.165, 1.54) is 0 Å².